The zero-order valence-corrected chi connectivity index (χ0v) is 11.7. The van der Waals surface area contributed by atoms with Crippen LogP contribution in [0.3, 0.4) is 0 Å². The van der Waals surface area contributed by atoms with E-state index < -0.39 is 5.91 Å². The number of hydrogen-bond acceptors (Lipinski definition) is 4. The number of nitrogens with zero attached hydrogens (tertiary/aromatic N) is 1. The highest BCUT2D eigenvalue weighted by Crippen LogP contribution is 2.26. The number of rotatable bonds is 3. The lowest BCUT2D eigenvalue weighted by molar-refractivity contribution is 0.102. The largest absolute Gasteiger partial charge is 0.507 e. The van der Waals surface area contributed by atoms with Gasteiger partial charge in [0.2, 0.25) is 0 Å². The lowest BCUT2D eigenvalue weighted by atomic mass is 10.1. The SMILES string of the molecule is O=C(Nc1cnccc1CO)c1cc2ccccc2cc1O. The first-order valence-electron chi connectivity index (χ1n) is 6.76. The highest BCUT2D eigenvalue weighted by Gasteiger charge is 2.14. The number of amides is 1. The fourth-order valence-corrected chi connectivity index (χ4v) is 2.27. The fraction of sp³-hybridized carbons (Fsp3) is 0.0588. The number of fused-ring (bicyclic) bond motifs is 1. The number of aliphatic hydroxyl groups excluding tert-OH is 1. The van der Waals surface area contributed by atoms with Crippen LogP contribution in [0.4, 0.5) is 5.69 Å². The Morgan fingerprint density at radius 3 is 2.59 bits per heavy atom. The van der Waals surface area contributed by atoms with Crippen molar-refractivity contribution in [2.24, 2.45) is 0 Å². The van der Waals surface area contributed by atoms with Crippen LogP contribution in [0.15, 0.2) is 54.9 Å². The quantitative estimate of drug-likeness (QED) is 0.693. The van der Waals surface area contributed by atoms with Crippen LogP contribution in [0.5, 0.6) is 5.75 Å². The van der Waals surface area contributed by atoms with Crippen molar-refractivity contribution in [1.82, 2.24) is 4.98 Å². The second-order valence-electron chi connectivity index (χ2n) is 4.86. The minimum absolute atomic E-state index is 0.0920. The van der Waals surface area contributed by atoms with E-state index in [4.69, 9.17) is 0 Å². The van der Waals surface area contributed by atoms with Gasteiger partial charge in [0.1, 0.15) is 5.75 Å². The van der Waals surface area contributed by atoms with Gasteiger partial charge in [0, 0.05) is 11.8 Å². The van der Waals surface area contributed by atoms with Gasteiger partial charge in [0.25, 0.3) is 5.91 Å². The maximum atomic E-state index is 12.4. The summed E-state index contributed by atoms with van der Waals surface area (Å²) in [5.41, 5.74) is 1.15. The highest BCUT2D eigenvalue weighted by molar-refractivity contribution is 6.08. The molecule has 0 saturated carbocycles. The van der Waals surface area contributed by atoms with Crippen LogP contribution in [0, 0.1) is 0 Å². The van der Waals surface area contributed by atoms with E-state index in [0.717, 1.165) is 10.8 Å². The Bertz CT molecular complexity index is 846. The van der Waals surface area contributed by atoms with Gasteiger partial charge in [-0.2, -0.15) is 0 Å². The van der Waals surface area contributed by atoms with Gasteiger partial charge in [-0.1, -0.05) is 24.3 Å². The normalized spacial score (nSPS) is 10.6. The van der Waals surface area contributed by atoms with E-state index in [2.05, 4.69) is 10.3 Å². The summed E-state index contributed by atoms with van der Waals surface area (Å²) in [5.74, 6) is -0.545. The number of aliphatic hydroxyl groups is 1. The Kier molecular flexibility index (Phi) is 3.72. The number of carbonyl (C=O) groups is 1. The summed E-state index contributed by atoms with van der Waals surface area (Å²) in [6.45, 7) is -0.207. The van der Waals surface area contributed by atoms with Gasteiger partial charge in [-0.05, 0) is 29.0 Å². The first-order valence-corrected chi connectivity index (χ1v) is 6.76. The molecule has 0 unspecified atom stereocenters. The second kappa shape index (κ2) is 5.83. The third-order valence-electron chi connectivity index (χ3n) is 3.44. The Morgan fingerprint density at radius 1 is 1.14 bits per heavy atom. The molecule has 0 fully saturated rings. The van der Waals surface area contributed by atoms with Gasteiger partial charge in [-0.15, -0.1) is 0 Å². The van der Waals surface area contributed by atoms with Gasteiger partial charge in [-0.25, -0.2) is 0 Å². The van der Waals surface area contributed by atoms with Crippen LogP contribution in [0.25, 0.3) is 10.8 Å². The molecule has 1 aromatic heterocycles. The molecule has 1 amide bonds. The zero-order chi connectivity index (χ0) is 15.5. The number of nitrogens with one attached hydrogen (secondary N) is 1. The number of phenolic OH excluding ortho intramolecular Hbond substituents is 1. The third-order valence-corrected chi connectivity index (χ3v) is 3.44. The molecule has 0 aliphatic carbocycles. The van der Waals surface area contributed by atoms with Crippen molar-refractivity contribution in [3.8, 4) is 5.75 Å². The summed E-state index contributed by atoms with van der Waals surface area (Å²) < 4.78 is 0. The van der Waals surface area contributed by atoms with Crippen LogP contribution in [0.2, 0.25) is 0 Å². The van der Waals surface area contributed by atoms with E-state index in [0.29, 0.717) is 11.3 Å². The van der Waals surface area contributed by atoms with Crippen molar-refractivity contribution in [3.63, 3.8) is 0 Å². The topological polar surface area (TPSA) is 82.5 Å². The number of hydrogen-bond donors (Lipinski definition) is 3. The molecule has 0 radical (unpaired) electrons. The summed E-state index contributed by atoms with van der Waals surface area (Å²) in [7, 11) is 0. The second-order valence-corrected chi connectivity index (χ2v) is 4.86. The molecule has 0 aliphatic rings. The average molecular weight is 294 g/mol. The third kappa shape index (κ3) is 2.62. The van der Waals surface area contributed by atoms with Crippen molar-refractivity contribution in [2.45, 2.75) is 6.61 Å². The average Bonchev–Trinajstić information content (AvgIpc) is 2.54. The van der Waals surface area contributed by atoms with Crippen molar-refractivity contribution in [2.75, 3.05) is 5.32 Å². The molecule has 22 heavy (non-hydrogen) atoms. The molecule has 0 spiro atoms. The molecule has 1 heterocycles. The predicted molar refractivity (Wildman–Crippen MR) is 83.7 cm³/mol. The van der Waals surface area contributed by atoms with Crippen LogP contribution >= 0.6 is 0 Å². The van der Waals surface area contributed by atoms with Gasteiger partial charge < -0.3 is 15.5 Å². The molecule has 3 aromatic rings. The molecule has 110 valence electrons. The molecule has 3 N–H and O–H groups in total. The summed E-state index contributed by atoms with van der Waals surface area (Å²) in [6.07, 6.45) is 3.00. The molecule has 0 bridgehead atoms. The smallest absolute Gasteiger partial charge is 0.259 e. The number of carbonyl (C=O) groups excluding carboxylic acids is 1. The van der Waals surface area contributed by atoms with E-state index in [9.17, 15) is 15.0 Å². The van der Waals surface area contributed by atoms with Crippen LogP contribution in [-0.2, 0) is 6.61 Å². The number of benzene rings is 2. The first-order chi connectivity index (χ1) is 10.7. The van der Waals surface area contributed by atoms with E-state index in [1.807, 2.05) is 24.3 Å². The van der Waals surface area contributed by atoms with E-state index in [-0.39, 0.29) is 17.9 Å². The number of pyridine rings is 1. The fourth-order valence-electron chi connectivity index (χ4n) is 2.27. The molecule has 2 aromatic carbocycles. The molecule has 0 atom stereocenters. The lowest BCUT2D eigenvalue weighted by Gasteiger charge is -2.10. The molecular formula is C17H14N2O3. The van der Waals surface area contributed by atoms with Crippen LogP contribution in [0.1, 0.15) is 15.9 Å². The maximum Gasteiger partial charge on any atom is 0.259 e. The Hall–Kier alpha value is -2.92. The Labute approximate surface area is 126 Å². The molecule has 3 rings (SSSR count). The van der Waals surface area contributed by atoms with E-state index >= 15 is 0 Å². The van der Waals surface area contributed by atoms with Gasteiger partial charge >= 0.3 is 0 Å². The van der Waals surface area contributed by atoms with Gasteiger partial charge in [-0.3, -0.25) is 9.78 Å². The van der Waals surface area contributed by atoms with Gasteiger partial charge in [0.05, 0.1) is 24.1 Å². The lowest BCUT2D eigenvalue weighted by Crippen LogP contribution is -2.13. The van der Waals surface area contributed by atoms with Gasteiger partial charge in [0.15, 0.2) is 0 Å². The van der Waals surface area contributed by atoms with Crippen molar-refractivity contribution in [3.05, 3.63) is 66.0 Å². The molecule has 0 saturated heterocycles. The van der Waals surface area contributed by atoms with E-state index in [1.165, 1.54) is 12.4 Å². The zero-order valence-electron chi connectivity index (χ0n) is 11.7. The number of aromatic hydroxyl groups is 1. The number of anilines is 1. The monoisotopic (exact) mass is 294 g/mol. The molecular weight excluding hydrogens is 280 g/mol. The number of phenols is 1. The number of aromatic nitrogens is 1. The van der Waals surface area contributed by atoms with Crippen molar-refractivity contribution >= 4 is 22.4 Å². The molecule has 5 nitrogen and oxygen atoms in total. The van der Waals surface area contributed by atoms with E-state index in [1.54, 1.807) is 18.2 Å². The van der Waals surface area contributed by atoms with Crippen LogP contribution < -0.4 is 5.32 Å². The summed E-state index contributed by atoms with van der Waals surface area (Å²) in [5, 5.41) is 23.7. The predicted octanol–water partition coefficient (Wildman–Crippen LogP) is 2.69. The summed E-state index contributed by atoms with van der Waals surface area (Å²) >= 11 is 0. The standard InChI is InChI=1S/C17H14N2O3/c20-10-13-5-6-18-9-15(13)19-17(22)14-7-11-3-1-2-4-12(11)8-16(14)21/h1-9,20-21H,10H2,(H,19,22). The minimum atomic E-state index is -0.453. The van der Waals surface area contributed by atoms with Crippen molar-refractivity contribution < 1.29 is 15.0 Å². The first kappa shape index (κ1) is 14.0. The van der Waals surface area contributed by atoms with Crippen molar-refractivity contribution in [1.29, 1.82) is 0 Å². The Morgan fingerprint density at radius 2 is 1.86 bits per heavy atom. The van der Waals surface area contributed by atoms with Crippen LogP contribution in [-0.4, -0.2) is 21.1 Å². The summed E-state index contributed by atoms with van der Waals surface area (Å²) in [4.78, 5) is 16.3. The molecule has 5 heteroatoms. The molecule has 0 aliphatic heterocycles. The summed E-state index contributed by atoms with van der Waals surface area (Å²) in [6, 6.07) is 12.3. The minimum Gasteiger partial charge on any atom is -0.507 e. The highest BCUT2D eigenvalue weighted by atomic mass is 16.3. The Balaban J connectivity index is 1.97. The maximum absolute atomic E-state index is 12.4.